The summed E-state index contributed by atoms with van der Waals surface area (Å²) in [5.74, 6) is -1.78. The lowest BCUT2D eigenvalue weighted by atomic mass is 9.94. The van der Waals surface area contributed by atoms with Crippen LogP contribution in [0.25, 0.3) is 0 Å². The summed E-state index contributed by atoms with van der Waals surface area (Å²) in [5.41, 5.74) is -0.722. The van der Waals surface area contributed by atoms with Gasteiger partial charge in [0.1, 0.15) is 6.29 Å². The maximum atomic E-state index is 11.7. The minimum atomic E-state index is -1.45. The van der Waals surface area contributed by atoms with Crippen molar-refractivity contribution in [2.75, 3.05) is 6.61 Å². The van der Waals surface area contributed by atoms with E-state index in [1.54, 1.807) is 12.1 Å². The first-order chi connectivity index (χ1) is 18.9. The molecule has 1 aromatic carbocycles. The van der Waals surface area contributed by atoms with Crippen molar-refractivity contribution in [3.05, 3.63) is 35.9 Å². The SMILES string of the molecule is CCCCCCCCCCCCCCCCCCCCCCOC(=O)C(C)(C)C(=O)O.O=Cc1ccccc1. The highest BCUT2D eigenvalue weighted by Crippen LogP contribution is 2.18. The lowest BCUT2D eigenvalue weighted by Gasteiger charge is -2.17. The smallest absolute Gasteiger partial charge is 0.322 e. The average molecular weight is 547 g/mol. The van der Waals surface area contributed by atoms with Crippen LogP contribution in [-0.4, -0.2) is 29.9 Å². The molecule has 0 aliphatic carbocycles. The van der Waals surface area contributed by atoms with Crippen LogP contribution in [-0.2, 0) is 14.3 Å². The zero-order chi connectivity index (χ0) is 29.0. The molecule has 0 atom stereocenters. The molecule has 0 saturated carbocycles. The number of benzene rings is 1. The third-order valence-corrected chi connectivity index (χ3v) is 7.21. The first kappa shape index (κ1) is 36.8. The minimum Gasteiger partial charge on any atom is -0.480 e. The van der Waals surface area contributed by atoms with Gasteiger partial charge in [0.15, 0.2) is 5.41 Å². The van der Waals surface area contributed by atoms with E-state index in [2.05, 4.69) is 6.92 Å². The van der Waals surface area contributed by atoms with Crippen molar-refractivity contribution in [3.63, 3.8) is 0 Å². The quantitative estimate of drug-likeness (QED) is 0.0604. The van der Waals surface area contributed by atoms with Crippen LogP contribution in [0, 0.1) is 5.41 Å². The van der Waals surface area contributed by atoms with E-state index in [1.807, 2.05) is 18.2 Å². The molecule has 5 nitrogen and oxygen atoms in total. The summed E-state index contributed by atoms with van der Waals surface area (Å²) in [6, 6.07) is 9.10. The Bertz CT molecular complexity index is 714. The lowest BCUT2D eigenvalue weighted by Crippen LogP contribution is -2.35. The molecule has 0 saturated heterocycles. The third kappa shape index (κ3) is 22.4. The zero-order valence-electron chi connectivity index (χ0n) is 25.4. The fourth-order valence-corrected chi connectivity index (χ4v) is 4.32. The van der Waals surface area contributed by atoms with Crippen LogP contribution < -0.4 is 0 Å². The van der Waals surface area contributed by atoms with Crippen molar-refractivity contribution < 1.29 is 24.2 Å². The molecule has 0 heterocycles. The highest BCUT2D eigenvalue weighted by Gasteiger charge is 2.37. The van der Waals surface area contributed by atoms with Gasteiger partial charge in [-0.15, -0.1) is 0 Å². The van der Waals surface area contributed by atoms with E-state index in [9.17, 15) is 14.4 Å². The first-order valence-electron chi connectivity index (χ1n) is 15.8. The topological polar surface area (TPSA) is 80.7 Å². The minimum absolute atomic E-state index is 0.328. The molecule has 0 aromatic heterocycles. The van der Waals surface area contributed by atoms with Crippen molar-refractivity contribution in [2.24, 2.45) is 5.41 Å². The van der Waals surface area contributed by atoms with Gasteiger partial charge in [-0.05, 0) is 20.3 Å². The van der Waals surface area contributed by atoms with Crippen molar-refractivity contribution in [1.29, 1.82) is 0 Å². The van der Waals surface area contributed by atoms with Gasteiger partial charge < -0.3 is 9.84 Å². The van der Waals surface area contributed by atoms with Crippen LogP contribution >= 0.6 is 0 Å². The second-order valence-corrected chi connectivity index (χ2v) is 11.3. The van der Waals surface area contributed by atoms with Gasteiger partial charge in [-0.1, -0.05) is 159 Å². The normalized spacial score (nSPS) is 10.9. The number of aldehydes is 1. The maximum Gasteiger partial charge on any atom is 0.322 e. The third-order valence-electron chi connectivity index (χ3n) is 7.21. The van der Waals surface area contributed by atoms with Gasteiger partial charge in [0, 0.05) is 5.56 Å². The van der Waals surface area contributed by atoms with E-state index in [0.29, 0.717) is 6.61 Å². The Balaban J connectivity index is 0.00000152. The van der Waals surface area contributed by atoms with Gasteiger partial charge in [0.2, 0.25) is 0 Å². The van der Waals surface area contributed by atoms with Crippen molar-refractivity contribution in [1.82, 2.24) is 0 Å². The molecule has 1 aromatic rings. The standard InChI is InChI=1S/C27H52O4.C7H6O/c1-4-5-6-7-8-9-10-11-12-13-14-15-16-17-18-19-20-21-22-23-24-31-26(30)27(2,3)25(28)29;8-6-7-4-2-1-3-5-7/h4-24H2,1-3H3,(H,28,29);1-6H. The summed E-state index contributed by atoms with van der Waals surface area (Å²) in [6.45, 7) is 5.37. The van der Waals surface area contributed by atoms with E-state index in [-0.39, 0.29) is 0 Å². The Morgan fingerprint density at radius 1 is 0.667 bits per heavy atom. The van der Waals surface area contributed by atoms with Gasteiger partial charge in [-0.25, -0.2) is 0 Å². The van der Waals surface area contributed by atoms with Crippen LogP contribution in [0.5, 0.6) is 0 Å². The number of unbranched alkanes of at least 4 members (excludes halogenated alkanes) is 19. The van der Waals surface area contributed by atoms with Gasteiger partial charge in [0.25, 0.3) is 0 Å². The van der Waals surface area contributed by atoms with Crippen LogP contribution in [0.1, 0.15) is 160 Å². The molecular formula is C34H58O5. The molecule has 0 amide bonds. The zero-order valence-corrected chi connectivity index (χ0v) is 25.4. The number of rotatable bonds is 24. The molecule has 0 spiro atoms. The molecule has 0 bridgehead atoms. The number of esters is 1. The Labute approximate surface area is 239 Å². The summed E-state index contributed by atoms with van der Waals surface area (Å²) in [5, 5.41) is 8.98. The van der Waals surface area contributed by atoms with Crippen LogP contribution in [0.2, 0.25) is 0 Å². The van der Waals surface area contributed by atoms with E-state index < -0.39 is 17.4 Å². The van der Waals surface area contributed by atoms with E-state index in [4.69, 9.17) is 9.84 Å². The number of carbonyl (C=O) groups is 3. The van der Waals surface area contributed by atoms with Crippen LogP contribution in [0.4, 0.5) is 0 Å². The number of hydrogen-bond acceptors (Lipinski definition) is 4. The molecule has 224 valence electrons. The molecule has 39 heavy (non-hydrogen) atoms. The predicted molar refractivity (Wildman–Crippen MR) is 162 cm³/mol. The monoisotopic (exact) mass is 546 g/mol. The van der Waals surface area contributed by atoms with E-state index in [0.717, 1.165) is 24.7 Å². The Kier molecular flexibility index (Phi) is 24.6. The highest BCUT2D eigenvalue weighted by atomic mass is 16.5. The van der Waals surface area contributed by atoms with Gasteiger partial charge in [-0.3, -0.25) is 14.4 Å². The molecule has 0 aliphatic heterocycles. The van der Waals surface area contributed by atoms with Gasteiger partial charge in [0.05, 0.1) is 6.61 Å². The number of aliphatic carboxylic acids is 1. The summed E-state index contributed by atoms with van der Waals surface area (Å²) in [7, 11) is 0. The molecule has 0 unspecified atom stereocenters. The Hall–Kier alpha value is -2.17. The lowest BCUT2D eigenvalue weighted by molar-refractivity contribution is -0.166. The number of hydrogen-bond donors (Lipinski definition) is 1. The molecule has 5 heteroatoms. The number of carboxylic acids is 1. The van der Waals surface area contributed by atoms with E-state index >= 15 is 0 Å². The second kappa shape index (κ2) is 26.1. The summed E-state index contributed by atoms with van der Waals surface area (Å²) in [4.78, 5) is 32.7. The number of ether oxygens (including phenoxy) is 1. The Morgan fingerprint density at radius 3 is 1.33 bits per heavy atom. The molecule has 1 rings (SSSR count). The molecule has 1 N–H and O–H groups in total. The fraction of sp³-hybridized carbons (Fsp3) is 0.735. The molecule has 0 fully saturated rings. The summed E-state index contributed by atoms with van der Waals surface area (Å²) in [6.07, 6.45) is 27.5. The van der Waals surface area contributed by atoms with Gasteiger partial charge in [-0.2, -0.15) is 0 Å². The number of carbonyl (C=O) groups excluding carboxylic acids is 2. The predicted octanol–water partition coefficient (Wildman–Crippen LogP) is 9.96. The largest absolute Gasteiger partial charge is 0.480 e. The molecular weight excluding hydrogens is 488 g/mol. The highest BCUT2D eigenvalue weighted by molar-refractivity contribution is 5.98. The fourth-order valence-electron chi connectivity index (χ4n) is 4.32. The van der Waals surface area contributed by atoms with Crippen molar-refractivity contribution >= 4 is 18.2 Å². The van der Waals surface area contributed by atoms with Gasteiger partial charge >= 0.3 is 11.9 Å². The average Bonchev–Trinajstić information content (AvgIpc) is 2.94. The van der Waals surface area contributed by atoms with Crippen molar-refractivity contribution in [3.8, 4) is 0 Å². The maximum absolute atomic E-state index is 11.7. The molecule has 0 radical (unpaired) electrons. The number of carboxylic acid groups (broad SMARTS) is 1. The Morgan fingerprint density at radius 2 is 1.03 bits per heavy atom. The van der Waals surface area contributed by atoms with Crippen LogP contribution in [0.3, 0.4) is 0 Å². The summed E-state index contributed by atoms with van der Waals surface area (Å²) >= 11 is 0. The van der Waals surface area contributed by atoms with Crippen molar-refractivity contribution in [2.45, 2.75) is 149 Å². The van der Waals surface area contributed by atoms with E-state index in [1.165, 1.54) is 129 Å². The summed E-state index contributed by atoms with van der Waals surface area (Å²) < 4.78 is 5.09. The second-order valence-electron chi connectivity index (χ2n) is 11.3. The first-order valence-corrected chi connectivity index (χ1v) is 15.8. The van der Waals surface area contributed by atoms with Crippen LogP contribution in [0.15, 0.2) is 30.3 Å². The molecule has 0 aliphatic rings.